The zero-order valence-corrected chi connectivity index (χ0v) is 15.5. The van der Waals surface area contributed by atoms with Crippen LogP contribution in [-0.4, -0.2) is 45.3 Å². The first-order valence-corrected chi connectivity index (χ1v) is 8.66. The predicted molar refractivity (Wildman–Crippen MR) is 110 cm³/mol. The van der Waals surface area contributed by atoms with Crippen molar-refractivity contribution in [3.8, 4) is 11.8 Å². The summed E-state index contributed by atoms with van der Waals surface area (Å²) >= 11 is 0. The minimum Gasteiger partial charge on any atom is -0.481 e. The summed E-state index contributed by atoms with van der Waals surface area (Å²) in [5, 5.41) is 29.3. The Morgan fingerprint density at radius 2 is 1.47 bits per heavy atom. The molecular formula is C22H24N2O6. The van der Waals surface area contributed by atoms with Crippen molar-refractivity contribution < 1.29 is 29.8 Å². The molecule has 0 saturated carbocycles. The second-order valence-corrected chi connectivity index (χ2v) is 6.26. The third kappa shape index (κ3) is 7.05. The van der Waals surface area contributed by atoms with E-state index in [0.717, 1.165) is 5.56 Å². The van der Waals surface area contributed by atoms with Crippen molar-refractivity contribution in [1.82, 2.24) is 10.8 Å². The smallest absolute Gasteiger partial charge is 0.307 e. The lowest BCUT2D eigenvalue weighted by atomic mass is 10.1. The molecule has 0 aliphatic heterocycles. The largest absolute Gasteiger partial charge is 0.481 e. The number of aliphatic hydroxyl groups is 1. The van der Waals surface area contributed by atoms with Gasteiger partial charge in [-0.25, -0.2) is 5.48 Å². The molecule has 0 aromatic heterocycles. The van der Waals surface area contributed by atoms with Crippen molar-refractivity contribution in [2.24, 2.45) is 0 Å². The summed E-state index contributed by atoms with van der Waals surface area (Å²) in [6.45, 7) is 1.31. The van der Waals surface area contributed by atoms with Crippen molar-refractivity contribution in [2.45, 2.75) is 32.9 Å². The summed E-state index contributed by atoms with van der Waals surface area (Å²) in [7, 11) is 0. The van der Waals surface area contributed by atoms with Gasteiger partial charge in [-0.3, -0.25) is 19.6 Å². The highest BCUT2D eigenvalue weighted by Crippen LogP contribution is 2.07. The molecule has 8 heteroatoms. The Morgan fingerprint density at radius 1 is 0.967 bits per heavy atom. The summed E-state index contributed by atoms with van der Waals surface area (Å²) in [5.41, 5.74) is 3.70. The van der Waals surface area contributed by atoms with Gasteiger partial charge in [0, 0.05) is 16.7 Å². The number of carboxylic acids is 1. The third-order valence-corrected chi connectivity index (χ3v) is 3.97. The number of rotatable bonds is 6. The summed E-state index contributed by atoms with van der Waals surface area (Å²) in [4.78, 5) is 34.4. The van der Waals surface area contributed by atoms with E-state index in [2.05, 4.69) is 17.2 Å². The van der Waals surface area contributed by atoms with E-state index in [9.17, 15) is 19.5 Å². The van der Waals surface area contributed by atoms with E-state index >= 15 is 0 Å². The summed E-state index contributed by atoms with van der Waals surface area (Å²) < 4.78 is 0. The van der Waals surface area contributed by atoms with E-state index in [4.69, 9.17) is 10.3 Å². The minimum absolute atomic E-state index is 0. The van der Waals surface area contributed by atoms with E-state index in [-0.39, 0.29) is 19.4 Å². The second kappa shape index (κ2) is 11.4. The van der Waals surface area contributed by atoms with Crippen LogP contribution in [0.15, 0.2) is 48.5 Å². The van der Waals surface area contributed by atoms with Crippen molar-refractivity contribution in [1.29, 1.82) is 0 Å². The average Bonchev–Trinajstić information content (AvgIpc) is 2.70. The van der Waals surface area contributed by atoms with Crippen molar-refractivity contribution >= 4 is 17.8 Å². The quantitative estimate of drug-likeness (QED) is 0.276. The number of amides is 2. The Kier molecular flexibility index (Phi) is 9.23. The number of nitrogens with one attached hydrogen (secondary N) is 2. The highest BCUT2D eigenvalue weighted by Gasteiger charge is 2.25. The first-order valence-electron chi connectivity index (χ1n) is 8.66. The van der Waals surface area contributed by atoms with Gasteiger partial charge in [0.15, 0.2) is 0 Å². The van der Waals surface area contributed by atoms with E-state index in [1.54, 1.807) is 36.4 Å². The van der Waals surface area contributed by atoms with Crippen LogP contribution < -0.4 is 10.8 Å². The molecule has 0 unspecified atom stereocenters. The molecule has 0 heterocycles. The van der Waals surface area contributed by atoms with Gasteiger partial charge in [0.2, 0.25) is 0 Å². The number of carbonyl (C=O) groups is 3. The Morgan fingerprint density at radius 3 is 1.90 bits per heavy atom. The molecule has 0 spiro atoms. The normalized spacial score (nSPS) is 11.7. The first kappa shape index (κ1) is 24.4. The van der Waals surface area contributed by atoms with Gasteiger partial charge < -0.3 is 15.5 Å². The number of hydrogen-bond acceptors (Lipinski definition) is 5. The lowest BCUT2D eigenvalue weighted by molar-refractivity contribution is -0.136. The lowest BCUT2D eigenvalue weighted by Gasteiger charge is -2.19. The molecule has 8 nitrogen and oxygen atoms in total. The van der Waals surface area contributed by atoms with Gasteiger partial charge in [-0.05, 0) is 48.9 Å². The molecular weight excluding hydrogens is 388 g/mol. The van der Waals surface area contributed by atoms with Crippen LogP contribution in [0.25, 0.3) is 0 Å². The van der Waals surface area contributed by atoms with Crippen LogP contribution in [0.2, 0.25) is 0 Å². The molecule has 0 aliphatic carbocycles. The van der Waals surface area contributed by atoms with Crippen LogP contribution in [0, 0.1) is 11.8 Å². The number of hydroxylamine groups is 1. The first-order chi connectivity index (χ1) is 13.8. The van der Waals surface area contributed by atoms with Crippen LogP contribution in [-0.2, 0) is 16.0 Å². The molecule has 0 radical (unpaired) electrons. The van der Waals surface area contributed by atoms with E-state index in [1.807, 2.05) is 0 Å². The third-order valence-electron chi connectivity index (χ3n) is 3.97. The molecule has 2 atom stereocenters. The summed E-state index contributed by atoms with van der Waals surface area (Å²) in [6, 6.07) is 11.9. The van der Waals surface area contributed by atoms with Gasteiger partial charge >= 0.3 is 5.97 Å². The van der Waals surface area contributed by atoms with Gasteiger partial charge in [0.25, 0.3) is 11.8 Å². The number of hydrogen-bond donors (Lipinski definition) is 5. The maximum absolute atomic E-state index is 12.2. The Balaban J connectivity index is 0.00000450. The molecule has 2 aromatic rings. The molecule has 0 aliphatic rings. The van der Waals surface area contributed by atoms with E-state index in [1.165, 1.54) is 24.5 Å². The number of carboxylic acid groups (broad SMARTS) is 1. The van der Waals surface area contributed by atoms with Crippen LogP contribution >= 0.6 is 0 Å². The van der Waals surface area contributed by atoms with Crippen LogP contribution in [0.4, 0.5) is 0 Å². The van der Waals surface area contributed by atoms with Crippen molar-refractivity contribution in [3.05, 3.63) is 70.8 Å². The number of carbonyl (C=O) groups excluding carboxylic acids is 2. The minimum atomic E-state index is -1.30. The van der Waals surface area contributed by atoms with Gasteiger partial charge in [-0.2, -0.15) is 0 Å². The summed E-state index contributed by atoms with van der Waals surface area (Å²) in [5.74, 6) is 3.47. The van der Waals surface area contributed by atoms with Gasteiger partial charge in [0.05, 0.1) is 12.5 Å². The lowest BCUT2D eigenvalue weighted by Crippen LogP contribution is -2.51. The van der Waals surface area contributed by atoms with Crippen LogP contribution in [0.3, 0.4) is 0 Å². The van der Waals surface area contributed by atoms with E-state index < -0.39 is 29.9 Å². The van der Waals surface area contributed by atoms with Gasteiger partial charge in [-0.15, -0.1) is 0 Å². The fourth-order valence-corrected chi connectivity index (χ4v) is 2.43. The van der Waals surface area contributed by atoms with Gasteiger partial charge in [-0.1, -0.05) is 31.4 Å². The maximum atomic E-state index is 12.2. The Labute approximate surface area is 174 Å². The highest BCUT2D eigenvalue weighted by molar-refractivity contribution is 5.97. The number of benzene rings is 2. The Hall–Kier alpha value is -3.67. The molecule has 2 amide bonds. The molecule has 2 rings (SSSR count). The molecule has 158 valence electrons. The predicted octanol–water partition coefficient (Wildman–Crippen LogP) is 1.33. The molecule has 0 bridgehead atoms. The molecule has 5 N–H and O–H groups in total. The van der Waals surface area contributed by atoms with Crippen molar-refractivity contribution in [3.63, 3.8) is 0 Å². The van der Waals surface area contributed by atoms with E-state index in [0.29, 0.717) is 11.1 Å². The number of aliphatic carboxylic acids is 1. The number of aliphatic hydroxyl groups excluding tert-OH is 1. The van der Waals surface area contributed by atoms with Gasteiger partial charge in [0.1, 0.15) is 6.04 Å². The Bertz CT molecular complexity index is 940. The molecule has 0 saturated heterocycles. The zero-order chi connectivity index (χ0) is 21.4. The zero-order valence-electron chi connectivity index (χ0n) is 15.5. The molecule has 30 heavy (non-hydrogen) atoms. The van der Waals surface area contributed by atoms with Crippen LogP contribution in [0.5, 0.6) is 0 Å². The highest BCUT2D eigenvalue weighted by atomic mass is 16.5. The summed E-state index contributed by atoms with van der Waals surface area (Å²) in [6.07, 6.45) is -1.24. The topological polar surface area (TPSA) is 136 Å². The standard InChI is InChI=1S/C21H20N2O6.CH4/c1-13(24)19(21(28)23-29)22-20(27)17-10-8-15(9-11-17)3-2-14-4-6-16(7-5-14)12-18(25)26;/h4-11,13,19,24,29H,12H2,1H3,(H,22,27)(H,23,28)(H,25,26);1H4/t13-,19+;/m1./s1. The van der Waals surface area contributed by atoms with Crippen LogP contribution in [0.1, 0.15) is 41.4 Å². The fraction of sp³-hybridized carbons (Fsp3) is 0.227. The fourth-order valence-electron chi connectivity index (χ4n) is 2.43. The van der Waals surface area contributed by atoms with Crippen molar-refractivity contribution in [2.75, 3.05) is 0 Å². The molecule has 0 fully saturated rings. The SMILES string of the molecule is C.C[C@@H](O)[C@H](NC(=O)c1ccc(C#Cc2ccc(CC(=O)O)cc2)cc1)C(=O)NO. The average molecular weight is 412 g/mol. The maximum Gasteiger partial charge on any atom is 0.307 e. The monoisotopic (exact) mass is 412 g/mol. The molecule has 2 aromatic carbocycles. The second-order valence-electron chi connectivity index (χ2n) is 6.26.